The van der Waals surface area contributed by atoms with Gasteiger partial charge >= 0.3 is 6.18 Å². The smallest absolute Gasteiger partial charge is 0.407 e. The van der Waals surface area contributed by atoms with E-state index in [0.29, 0.717) is 37.6 Å². The van der Waals surface area contributed by atoms with Crippen LogP contribution in [0.3, 0.4) is 0 Å². The zero-order valence-electron chi connectivity index (χ0n) is 16.7. The van der Waals surface area contributed by atoms with E-state index in [9.17, 15) is 17.6 Å². The van der Waals surface area contributed by atoms with Crippen molar-refractivity contribution in [3.8, 4) is 5.75 Å². The Morgan fingerprint density at radius 3 is 2.24 bits per heavy atom. The summed E-state index contributed by atoms with van der Waals surface area (Å²) in [5, 5.41) is 0. The van der Waals surface area contributed by atoms with Crippen molar-refractivity contribution in [1.82, 2.24) is 0 Å². The molecule has 156 valence electrons. The van der Waals surface area contributed by atoms with Gasteiger partial charge in [0.25, 0.3) is 0 Å². The van der Waals surface area contributed by atoms with E-state index >= 15 is 0 Å². The summed E-state index contributed by atoms with van der Waals surface area (Å²) in [6, 6.07) is 9.48. The summed E-state index contributed by atoms with van der Waals surface area (Å²) in [7, 11) is 0. The van der Waals surface area contributed by atoms with Gasteiger partial charge in [0.05, 0.1) is 18.7 Å². The van der Waals surface area contributed by atoms with E-state index in [0.717, 1.165) is 6.07 Å². The lowest BCUT2D eigenvalue weighted by Crippen LogP contribution is -2.34. The largest absolute Gasteiger partial charge is 0.494 e. The van der Waals surface area contributed by atoms with Crippen LogP contribution >= 0.6 is 0 Å². The van der Waals surface area contributed by atoms with Gasteiger partial charge in [-0.2, -0.15) is 13.2 Å². The quantitative estimate of drug-likeness (QED) is 0.287. The molecule has 0 bridgehead atoms. The van der Waals surface area contributed by atoms with Crippen LogP contribution in [0.1, 0.15) is 32.8 Å². The molecular weight excluding hydrogens is 384 g/mol. The molecule has 0 saturated carbocycles. The first-order valence-electron chi connectivity index (χ1n) is 9.21. The predicted octanol–water partition coefficient (Wildman–Crippen LogP) is 6.72. The average molecular weight is 408 g/mol. The van der Waals surface area contributed by atoms with Gasteiger partial charge in [0.1, 0.15) is 11.6 Å². The molecule has 0 aromatic heterocycles. The van der Waals surface area contributed by atoms with Gasteiger partial charge in [0.2, 0.25) is 0 Å². The molecule has 0 fully saturated rings. The Hall–Kier alpha value is -2.75. The second-order valence-corrected chi connectivity index (χ2v) is 7.95. The molecule has 0 atom stereocenters. The number of alkyl halides is 3. The van der Waals surface area contributed by atoms with Crippen LogP contribution in [0.5, 0.6) is 5.75 Å². The SMILES string of the molecule is [C-]#[N+]c1ccc(N(CCCOc2ccc(F)cc2)CC(C)(C)C)cc1C(F)(F)F. The Labute approximate surface area is 168 Å². The van der Waals surface area contributed by atoms with Crippen LogP contribution in [0.4, 0.5) is 28.9 Å². The second-order valence-electron chi connectivity index (χ2n) is 7.95. The molecule has 0 unspecified atom stereocenters. The lowest BCUT2D eigenvalue weighted by atomic mass is 9.95. The second kappa shape index (κ2) is 9.17. The number of benzene rings is 2. The fourth-order valence-corrected chi connectivity index (χ4v) is 2.89. The van der Waals surface area contributed by atoms with Crippen molar-refractivity contribution in [2.75, 3.05) is 24.6 Å². The topological polar surface area (TPSA) is 16.8 Å². The van der Waals surface area contributed by atoms with Gasteiger partial charge in [-0.25, -0.2) is 9.24 Å². The lowest BCUT2D eigenvalue weighted by Gasteiger charge is -2.32. The van der Waals surface area contributed by atoms with Gasteiger partial charge in [0.15, 0.2) is 5.69 Å². The zero-order valence-corrected chi connectivity index (χ0v) is 16.7. The van der Waals surface area contributed by atoms with Crippen molar-refractivity contribution < 1.29 is 22.3 Å². The summed E-state index contributed by atoms with van der Waals surface area (Å²) < 4.78 is 58.5. The van der Waals surface area contributed by atoms with Gasteiger partial charge in [-0.3, -0.25) is 0 Å². The molecular formula is C22H24F4N2O. The molecule has 2 aromatic rings. The third-order valence-corrected chi connectivity index (χ3v) is 4.09. The summed E-state index contributed by atoms with van der Waals surface area (Å²) >= 11 is 0. The van der Waals surface area contributed by atoms with Gasteiger partial charge in [-0.15, -0.1) is 0 Å². The van der Waals surface area contributed by atoms with Gasteiger partial charge in [-0.1, -0.05) is 26.8 Å². The Morgan fingerprint density at radius 2 is 1.69 bits per heavy atom. The average Bonchev–Trinajstić information content (AvgIpc) is 2.63. The normalized spacial score (nSPS) is 11.8. The number of hydrogen-bond donors (Lipinski definition) is 0. The third-order valence-electron chi connectivity index (χ3n) is 4.09. The Balaban J connectivity index is 2.13. The van der Waals surface area contributed by atoms with Crippen LogP contribution < -0.4 is 9.64 Å². The summed E-state index contributed by atoms with van der Waals surface area (Å²) in [4.78, 5) is 4.86. The van der Waals surface area contributed by atoms with E-state index in [-0.39, 0.29) is 11.2 Å². The molecule has 0 aliphatic carbocycles. The molecule has 0 spiro atoms. The summed E-state index contributed by atoms with van der Waals surface area (Å²) in [5.41, 5.74) is -1.06. The van der Waals surface area contributed by atoms with Crippen molar-refractivity contribution in [3.63, 3.8) is 0 Å². The number of hydrogen-bond acceptors (Lipinski definition) is 2. The maximum atomic E-state index is 13.3. The van der Waals surface area contributed by atoms with Crippen LogP contribution in [0.15, 0.2) is 42.5 Å². The first-order valence-corrected chi connectivity index (χ1v) is 9.21. The van der Waals surface area contributed by atoms with Crippen LogP contribution in [-0.4, -0.2) is 19.7 Å². The standard InChI is InChI=1S/C22H24F4N2O/c1-21(2,3)15-28(12-5-13-29-18-9-6-16(23)7-10-18)17-8-11-20(27-4)19(14-17)22(24,25)26/h6-11,14H,5,12-13,15H2,1-3H3. The van der Waals surface area contributed by atoms with Crippen LogP contribution in [-0.2, 0) is 6.18 Å². The molecule has 0 aliphatic heterocycles. The van der Waals surface area contributed by atoms with E-state index in [1.807, 2.05) is 25.7 Å². The van der Waals surface area contributed by atoms with E-state index in [1.165, 1.54) is 30.3 Å². The van der Waals surface area contributed by atoms with E-state index in [1.54, 1.807) is 6.07 Å². The lowest BCUT2D eigenvalue weighted by molar-refractivity contribution is -0.136. The zero-order chi connectivity index (χ0) is 21.7. The molecule has 0 N–H and O–H groups in total. The molecule has 0 aliphatic rings. The van der Waals surface area contributed by atoms with Gasteiger partial charge in [0, 0.05) is 18.8 Å². The minimum absolute atomic E-state index is 0.144. The minimum atomic E-state index is -4.59. The molecule has 2 rings (SSSR count). The van der Waals surface area contributed by atoms with Crippen molar-refractivity contribution in [2.45, 2.75) is 33.4 Å². The molecule has 0 radical (unpaired) electrons. The molecule has 0 amide bonds. The number of rotatable bonds is 7. The highest BCUT2D eigenvalue weighted by Crippen LogP contribution is 2.39. The highest BCUT2D eigenvalue weighted by atomic mass is 19.4. The Bertz CT molecular complexity index is 849. The molecule has 0 saturated heterocycles. The van der Waals surface area contributed by atoms with E-state index < -0.39 is 17.4 Å². The highest BCUT2D eigenvalue weighted by Gasteiger charge is 2.34. The Kier molecular flexibility index (Phi) is 7.12. The third kappa shape index (κ3) is 6.97. The number of anilines is 1. The number of nitrogens with zero attached hydrogens (tertiary/aromatic N) is 2. The number of halogens is 4. The molecule has 3 nitrogen and oxygen atoms in total. The maximum absolute atomic E-state index is 13.3. The predicted molar refractivity (Wildman–Crippen MR) is 106 cm³/mol. The van der Waals surface area contributed by atoms with Gasteiger partial charge in [-0.05, 0) is 48.2 Å². The fraction of sp³-hybridized carbons (Fsp3) is 0.409. The number of ether oxygens (including phenoxy) is 1. The van der Waals surface area contributed by atoms with E-state index in [4.69, 9.17) is 11.3 Å². The summed E-state index contributed by atoms with van der Waals surface area (Å²) in [5.74, 6) is 0.187. The summed E-state index contributed by atoms with van der Waals surface area (Å²) in [6.07, 6.45) is -4.02. The molecule has 0 heterocycles. The van der Waals surface area contributed by atoms with Crippen LogP contribution in [0, 0.1) is 17.8 Å². The van der Waals surface area contributed by atoms with Crippen molar-refractivity contribution in [3.05, 3.63) is 65.3 Å². The van der Waals surface area contributed by atoms with Crippen molar-refractivity contribution in [2.24, 2.45) is 5.41 Å². The Morgan fingerprint density at radius 1 is 1.03 bits per heavy atom. The van der Waals surface area contributed by atoms with E-state index in [2.05, 4.69) is 4.85 Å². The first kappa shape index (κ1) is 22.5. The molecule has 29 heavy (non-hydrogen) atoms. The maximum Gasteiger partial charge on any atom is 0.407 e. The minimum Gasteiger partial charge on any atom is -0.494 e. The highest BCUT2D eigenvalue weighted by molar-refractivity contribution is 5.62. The van der Waals surface area contributed by atoms with Crippen LogP contribution in [0.25, 0.3) is 4.85 Å². The van der Waals surface area contributed by atoms with Gasteiger partial charge < -0.3 is 9.64 Å². The first-order chi connectivity index (χ1) is 13.5. The van der Waals surface area contributed by atoms with Crippen LogP contribution in [0.2, 0.25) is 0 Å². The van der Waals surface area contributed by atoms with Crippen molar-refractivity contribution in [1.29, 1.82) is 0 Å². The van der Waals surface area contributed by atoms with Crippen molar-refractivity contribution >= 4 is 11.4 Å². The molecule has 7 heteroatoms. The molecule has 2 aromatic carbocycles. The fourth-order valence-electron chi connectivity index (χ4n) is 2.89. The summed E-state index contributed by atoms with van der Waals surface area (Å²) in [6.45, 7) is 14.4. The monoisotopic (exact) mass is 408 g/mol.